The van der Waals surface area contributed by atoms with E-state index in [1.165, 1.54) is 18.0 Å². The number of fused-ring (bicyclic) bond motifs is 1. The lowest BCUT2D eigenvalue weighted by atomic mass is 9.76. The number of Topliss-reactive ketones (excluding diaryl/α,β-unsaturated/α-hetero) is 1. The maximum Gasteiger partial charge on any atom is 0.237 e. The zero-order valence-electron chi connectivity index (χ0n) is 13.4. The van der Waals surface area contributed by atoms with Crippen molar-refractivity contribution in [1.82, 2.24) is 19.9 Å². The molecule has 0 aromatic carbocycles. The lowest BCUT2D eigenvalue weighted by molar-refractivity contribution is -0.113. The Labute approximate surface area is 143 Å². The Kier molecular flexibility index (Phi) is 4.57. The maximum absolute atomic E-state index is 12.1. The minimum Gasteiger partial charge on any atom is -0.294 e. The number of carbonyl (C=O) groups is 2. The predicted octanol–water partition coefficient (Wildman–Crippen LogP) is 2.15. The number of nitrogens with one attached hydrogen (secondary N) is 1. The third-order valence-electron chi connectivity index (χ3n) is 3.58. The van der Waals surface area contributed by atoms with Gasteiger partial charge in [-0.25, -0.2) is 19.9 Å². The summed E-state index contributed by atoms with van der Waals surface area (Å²) in [6, 6.07) is 1.72. The molecule has 2 aromatic rings. The number of anilines is 1. The van der Waals surface area contributed by atoms with Crippen LogP contribution in [0.5, 0.6) is 0 Å². The molecule has 0 fully saturated rings. The number of rotatable bonds is 4. The van der Waals surface area contributed by atoms with Crippen molar-refractivity contribution in [3.05, 3.63) is 35.9 Å². The summed E-state index contributed by atoms with van der Waals surface area (Å²) < 4.78 is 0. The van der Waals surface area contributed by atoms with E-state index in [1.54, 1.807) is 18.5 Å². The quantitative estimate of drug-likeness (QED) is 0.671. The molecule has 7 nitrogen and oxygen atoms in total. The van der Waals surface area contributed by atoms with E-state index < -0.39 is 0 Å². The van der Waals surface area contributed by atoms with Gasteiger partial charge >= 0.3 is 0 Å². The molecule has 1 amide bonds. The van der Waals surface area contributed by atoms with Crippen molar-refractivity contribution in [1.29, 1.82) is 0 Å². The van der Waals surface area contributed by atoms with E-state index in [0.29, 0.717) is 29.3 Å². The Morgan fingerprint density at radius 2 is 2.00 bits per heavy atom. The first-order valence-electron chi connectivity index (χ1n) is 7.52. The summed E-state index contributed by atoms with van der Waals surface area (Å²) in [7, 11) is 0. The monoisotopic (exact) mass is 343 g/mol. The van der Waals surface area contributed by atoms with E-state index in [1.807, 2.05) is 13.8 Å². The molecule has 24 heavy (non-hydrogen) atoms. The van der Waals surface area contributed by atoms with Crippen LogP contribution >= 0.6 is 11.8 Å². The molecule has 0 unspecified atom stereocenters. The summed E-state index contributed by atoms with van der Waals surface area (Å²) in [6.07, 6.45) is 5.93. The lowest BCUT2D eigenvalue weighted by Gasteiger charge is -2.29. The summed E-state index contributed by atoms with van der Waals surface area (Å²) in [6.45, 7) is 4.06. The molecule has 0 atom stereocenters. The van der Waals surface area contributed by atoms with Crippen molar-refractivity contribution in [2.24, 2.45) is 5.41 Å². The molecular weight excluding hydrogens is 326 g/mol. The topological polar surface area (TPSA) is 97.7 Å². The molecule has 3 rings (SSSR count). The van der Waals surface area contributed by atoms with Crippen molar-refractivity contribution < 1.29 is 9.59 Å². The Balaban J connectivity index is 1.66. The Morgan fingerprint density at radius 3 is 2.75 bits per heavy atom. The summed E-state index contributed by atoms with van der Waals surface area (Å²) in [4.78, 5) is 40.6. The molecule has 0 radical (unpaired) electrons. The van der Waals surface area contributed by atoms with E-state index in [2.05, 4.69) is 25.3 Å². The summed E-state index contributed by atoms with van der Waals surface area (Å²) >= 11 is 1.23. The standard InChI is InChI=1S/C16H17N5O2S/c1-16(2)6-11-10(12(22)7-16)8-19-14(20-11)21-13(23)9-24-15-17-4-3-5-18-15/h3-5,8H,6-7,9H2,1-2H3,(H,19,20,21,23). The predicted molar refractivity (Wildman–Crippen MR) is 89.9 cm³/mol. The van der Waals surface area contributed by atoms with Crippen molar-refractivity contribution >= 4 is 29.4 Å². The summed E-state index contributed by atoms with van der Waals surface area (Å²) in [5.74, 6) is 0.193. The van der Waals surface area contributed by atoms with Crippen LogP contribution in [0.4, 0.5) is 5.95 Å². The highest BCUT2D eigenvalue weighted by atomic mass is 32.2. The molecule has 0 spiro atoms. The van der Waals surface area contributed by atoms with E-state index in [4.69, 9.17) is 0 Å². The van der Waals surface area contributed by atoms with Crippen LogP contribution in [0.2, 0.25) is 0 Å². The van der Waals surface area contributed by atoms with Gasteiger partial charge in [-0.05, 0) is 17.9 Å². The van der Waals surface area contributed by atoms with Gasteiger partial charge in [-0.3, -0.25) is 14.9 Å². The zero-order chi connectivity index (χ0) is 17.2. The number of thioether (sulfide) groups is 1. The van der Waals surface area contributed by atoms with Crippen LogP contribution < -0.4 is 5.32 Å². The van der Waals surface area contributed by atoms with Gasteiger partial charge < -0.3 is 0 Å². The van der Waals surface area contributed by atoms with E-state index >= 15 is 0 Å². The molecule has 8 heteroatoms. The van der Waals surface area contributed by atoms with Gasteiger partial charge in [0.15, 0.2) is 10.9 Å². The average molecular weight is 343 g/mol. The van der Waals surface area contributed by atoms with Gasteiger partial charge in [0.05, 0.1) is 17.0 Å². The fourth-order valence-electron chi connectivity index (χ4n) is 2.54. The molecule has 0 saturated heterocycles. The molecule has 0 aliphatic heterocycles. The minimum absolute atomic E-state index is 0.0518. The Hall–Kier alpha value is -2.35. The van der Waals surface area contributed by atoms with Crippen LogP contribution in [0, 0.1) is 5.41 Å². The number of amides is 1. The molecule has 2 aromatic heterocycles. The Morgan fingerprint density at radius 1 is 1.25 bits per heavy atom. The lowest BCUT2D eigenvalue weighted by Crippen LogP contribution is -2.29. The smallest absolute Gasteiger partial charge is 0.237 e. The molecule has 1 N–H and O–H groups in total. The number of carbonyl (C=O) groups excluding carboxylic acids is 2. The van der Waals surface area contributed by atoms with Crippen LogP contribution in [0.15, 0.2) is 29.8 Å². The highest BCUT2D eigenvalue weighted by Gasteiger charge is 2.32. The summed E-state index contributed by atoms with van der Waals surface area (Å²) in [5, 5.41) is 3.19. The van der Waals surface area contributed by atoms with Crippen molar-refractivity contribution in [2.45, 2.75) is 31.8 Å². The molecule has 0 saturated carbocycles. The van der Waals surface area contributed by atoms with Gasteiger partial charge in [-0.2, -0.15) is 0 Å². The highest BCUT2D eigenvalue weighted by Crippen LogP contribution is 2.33. The first-order chi connectivity index (χ1) is 11.4. The maximum atomic E-state index is 12.1. The van der Waals surface area contributed by atoms with Gasteiger partial charge in [0.2, 0.25) is 11.9 Å². The fourth-order valence-corrected chi connectivity index (χ4v) is 3.14. The van der Waals surface area contributed by atoms with Crippen molar-refractivity contribution in [3.63, 3.8) is 0 Å². The SMILES string of the molecule is CC1(C)CC(=O)c2cnc(NC(=O)CSc3ncccn3)nc2C1. The minimum atomic E-state index is -0.242. The van der Waals surface area contributed by atoms with Gasteiger partial charge in [0.25, 0.3) is 0 Å². The van der Waals surface area contributed by atoms with Crippen LogP contribution in [0.25, 0.3) is 0 Å². The van der Waals surface area contributed by atoms with E-state index in [9.17, 15) is 9.59 Å². The van der Waals surface area contributed by atoms with E-state index in [-0.39, 0.29) is 28.8 Å². The second-order valence-corrected chi connectivity index (χ2v) is 7.31. The van der Waals surface area contributed by atoms with Crippen LogP contribution in [-0.2, 0) is 11.2 Å². The van der Waals surface area contributed by atoms with Crippen LogP contribution in [-0.4, -0.2) is 37.4 Å². The molecule has 1 aliphatic carbocycles. The average Bonchev–Trinajstić information content (AvgIpc) is 2.52. The van der Waals surface area contributed by atoms with Gasteiger partial charge in [-0.15, -0.1) is 0 Å². The molecule has 1 aliphatic rings. The molecule has 124 valence electrons. The molecular formula is C16H17N5O2S. The molecule has 2 heterocycles. The summed E-state index contributed by atoms with van der Waals surface area (Å²) in [5.41, 5.74) is 1.13. The number of hydrogen-bond acceptors (Lipinski definition) is 7. The van der Waals surface area contributed by atoms with Gasteiger partial charge in [-0.1, -0.05) is 25.6 Å². The zero-order valence-corrected chi connectivity index (χ0v) is 14.3. The largest absolute Gasteiger partial charge is 0.294 e. The number of ketones is 1. The van der Waals surface area contributed by atoms with E-state index in [0.717, 1.165) is 0 Å². The van der Waals surface area contributed by atoms with Gasteiger partial charge in [0.1, 0.15) is 0 Å². The first kappa shape index (κ1) is 16.5. The van der Waals surface area contributed by atoms with Gasteiger partial charge in [0, 0.05) is 25.0 Å². The Bertz CT molecular complexity index is 779. The first-order valence-corrected chi connectivity index (χ1v) is 8.50. The van der Waals surface area contributed by atoms with Crippen molar-refractivity contribution in [3.8, 4) is 0 Å². The second-order valence-electron chi connectivity index (χ2n) is 6.36. The third kappa shape index (κ3) is 3.94. The molecule has 0 bridgehead atoms. The number of aromatic nitrogens is 4. The fraction of sp³-hybridized carbons (Fsp3) is 0.375. The second kappa shape index (κ2) is 6.64. The normalized spacial score (nSPS) is 15.7. The van der Waals surface area contributed by atoms with Crippen molar-refractivity contribution in [2.75, 3.05) is 11.1 Å². The highest BCUT2D eigenvalue weighted by molar-refractivity contribution is 7.99. The van der Waals surface area contributed by atoms with Crippen LogP contribution in [0.3, 0.4) is 0 Å². The number of nitrogens with zero attached hydrogens (tertiary/aromatic N) is 4. The number of hydrogen-bond donors (Lipinski definition) is 1. The van der Waals surface area contributed by atoms with Crippen LogP contribution in [0.1, 0.15) is 36.3 Å². The third-order valence-corrected chi connectivity index (χ3v) is 4.45.